The number of aliphatic hydroxyl groups is 1. The molecule has 0 unspecified atom stereocenters. The molecule has 270 valence electrons. The summed E-state index contributed by atoms with van der Waals surface area (Å²) in [6.07, 6.45) is -10.2. The predicted octanol–water partition coefficient (Wildman–Crippen LogP) is 1.85. The Morgan fingerprint density at radius 1 is 0.694 bits per heavy atom. The van der Waals surface area contributed by atoms with Crippen molar-refractivity contribution in [2.75, 3.05) is 27.4 Å². The molecule has 1 N–H and O–H groups in total. The van der Waals surface area contributed by atoms with Gasteiger partial charge in [0.15, 0.2) is 24.8 Å². The third kappa shape index (κ3) is 8.75. The predicted molar refractivity (Wildman–Crippen MR) is 177 cm³/mol. The van der Waals surface area contributed by atoms with Crippen molar-refractivity contribution < 1.29 is 61.8 Å². The van der Waals surface area contributed by atoms with Crippen molar-refractivity contribution in [3.63, 3.8) is 0 Å². The van der Waals surface area contributed by atoms with Crippen molar-refractivity contribution in [1.82, 2.24) is 0 Å². The Hall–Kier alpha value is -3.21. The van der Waals surface area contributed by atoms with Crippen LogP contribution in [0.15, 0.2) is 60.7 Å². The van der Waals surface area contributed by atoms with Gasteiger partial charge in [-0.15, -0.1) is 0 Å². The smallest absolute Gasteiger partial charge is 0.303 e. The number of carbonyl (C=O) groups is 3. The molecular formula is C35H48O13Si. The number of carbonyl (C=O) groups excluding carboxylic acids is 3. The van der Waals surface area contributed by atoms with Crippen molar-refractivity contribution in [3.05, 3.63) is 60.7 Å². The summed E-state index contributed by atoms with van der Waals surface area (Å²) in [5, 5.41) is 12.8. The van der Waals surface area contributed by atoms with Gasteiger partial charge in [-0.25, -0.2) is 0 Å². The van der Waals surface area contributed by atoms with Gasteiger partial charge in [0.05, 0.1) is 6.61 Å². The average Bonchev–Trinajstić information content (AvgIpc) is 3.35. The lowest BCUT2D eigenvalue weighted by molar-refractivity contribution is -0.327. The molecule has 0 saturated carbocycles. The van der Waals surface area contributed by atoms with Gasteiger partial charge >= 0.3 is 17.9 Å². The standard InChI is InChI=1S/C35H48O13Si/c1-21(36)42-19-26-29(44-22(2)37)32(45-23(3)38)34(47-26)48-28-27(46-33(39)31(41-8)30(28)40-7)20-43-49(35(4,5)6,24-15-11-9-12-16-24)25-17-13-10-14-18-25/h9-18,26-34,39H,19-20H2,1-8H3/t26-,27-,28-,29-,30+,31-,32+,33+,34-/m1/s1. The summed E-state index contributed by atoms with van der Waals surface area (Å²) in [7, 11) is -0.238. The molecule has 2 aromatic rings. The molecule has 13 nitrogen and oxygen atoms in total. The maximum atomic E-state index is 12.3. The van der Waals surface area contributed by atoms with E-state index in [0.717, 1.165) is 10.4 Å². The Bertz CT molecular complexity index is 1350. The highest BCUT2D eigenvalue weighted by atomic mass is 28.4. The molecule has 2 aliphatic rings. The summed E-state index contributed by atoms with van der Waals surface area (Å²) >= 11 is 0. The summed E-state index contributed by atoms with van der Waals surface area (Å²) in [5.74, 6) is -1.95. The van der Waals surface area contributed by atoms with Crippen LogP contribution in [0.2, 0.25) is 5.04 Å². The second-order valence-corrected chi connectivity index (χ2v) is 17.3. The highest BCUT2D eigenvalue weighted by Crippen LogP contribution is 2.39. The highest BCUT2D eigenvalue weighted by Gasteiger charge is 2.56. The first-order chi connectivity index (χ1) is 23.2. The third-order valence-corrected chi connectivity index (χ3v) is 13.7. The Balaban J connectivity index is 1.74. The fraction of sp³-hybridized carbons (Fsp3) is 0.571. The summed E-state index contributed by atoms with van der Waals surface area (Å²) in [4.78, 5) is 36.0. The lowest BCUT2D eigenvalue weighted by Crippen LogP contribution is -2.68. The van der Waals surface area contributed by atoms with Crippen molar-refractivity contribution in [2.45, 2.75) is 102 Å². The molecule has 2 heterocycles. The van der Waals surface area contributed by atoms with Gasteiger partial charge in [-0.3, -0.25) is 14.4 Å². The molecule has 2 saturated heterocycles. The van der Waals surface area contributed by atoms with Gasteiger partial charge in [0, 0.05) is 35.0 Å². The van der Waals surface area contributed by atoms with Crippen LogP contribution in [-0.4, -0.2) is 114 Å². The molecule has 0 spiro atoms. The van der Waals surface area contributed by atoms with E-state index in [1.165, 1.54) is 35.0 Å². The highest BCUT2D eigenvalue weighted by molar-refractivity contribution is 6.99. The van der Waals surface area contributed by atoms with Gasteiger partial charge < -0.3 is 47.4 Å². The van der Waals surface area contributed by atoms with E-state index in [-0.39, 0.29) is 18.3 Å². The first-order valence-electron chi connectivity index (χ1n) is 16.2. The van der Waals surface area contributed by atoms with Crippen molar-refractivity contribution in [1.29, 1.82) is 0 Å². The number of aliphatic hydroxyl groups excluding tert-OH is 1. The van der Waals surface area contributed by atoms with Gasteiger partial charge in [0.1, 0.15) is 37.1 Å². The molecule has 14 heteroatoms. The van der Waals surface area contributed by atoms with Crippen LogP contribution < -0.4 is 10.4 Å². The normalized spacial score (nSPS) is 28.9. The molecule has 2 aromatic carbocycles. The third-order valence-electron chi connectivity index (χ3n) is 8.65. The number of rotatable bonds is 13. The molecule has 0 aliphatic carbocycles. The molecule has 2 fully saturated rings. The van der Waals surface area contributed by atoms with Crippen LogP contribution in [-0.2, 0) is 56.7 Å². The summed E-state index contributed by atoms with van der Waals surface area (Å²) in [6.45, 7) is 9.66. The minimum atomic E-state index is -3.08. The minimum Gasteiger partial charge on any atom is -0.463 e. The Morgan fingerprint density at radius 2 is 1.20 bits per heavy atom. The molecule has 49 heavy (non-hydrogen) atoms. The molecule has 0 aromatic heterocycles. The Morgan fingerprint density at radius 3 is 1.67 bits per heavy atom. The zero-order chi connectivity index (χ0) is 35.9. The monoisotopic (exact) mass is 704 g/mol. The van der Waals surface area contributed by atoms with Crippen LogP contribution in [0.5, 0.6) is 0 Å². The largest absolute Gasteiger partial charge is 0.463 e. The fourth-order valence-electron chi connectivity index (χ4n) is 6.62. The van der Waals surface area contributed by atoms with Crippen LogP contribution in [0, 0.1) is 0 Å². The second kappa shape index (κ2) is 16.7. The Labute approximate surface area is 288 Å². The van der Waals surface area contributed by atoms with E-state index in [0.29, 0.717) is 0 Å². The number of hydrogen-bond acceptors (Lipinski definition) is 13. The number of benzene rings is 2. The molecule has 2 aliphatic heterocycles. The average molecular weight is 705 g/mol. The van der Waals surface area contributed by atoms with E-state index in [2.05, 4.69) is 45.0 Å². The zero-order valence-electron chi connectivity index (χ0n) is 29.2. The van der Waals surface area contributed by atoms with Crippen molar-refractivity contribution >= 4 is 36.6 Å². The number of ether oxygens (including phenoxy) is 8. The van der Waals surface area contributed by atoms with Crippen molar-refractivity contribution in [2.24, 2.45) is 0 Å². The van der Waals surface area contributed by atoms with Gasteiger partial charge in [0.2, 0.25) is 0 Å². The minimum absolute atomic E-state index is 0.0551. The van der Waals surface area contributed by atoms with Gasteiger partial charge in [-0.1, -0.05) is 81.4 Å². The van der Waals surface area contributed by atoms with E-state index < -0.39 is 81.5 Å². The molecule has 0 bridgehead atoms. The van der Waals surface area contributed by atoms with Crippen LogP contribution in [0.25, 0.3) is 0 Å². The summed E-state index contributed by atoms with van der Waals surface area (Å²) in [5.41, 5.74) is 0. The maximum absolute atomic E-state index is 12.3. The number of esters is 3. The topological polar surface area (TPSA) is 155 Å². The van der Waals surface area contributed by atoms with Crippen LogP contribution in [0.4, 0.5) is 0 Å². The lowest BCUT2D eigenvalue weighted by atomic mass is 9.98. The SMILES string of the molecule is CO[C@@H]1[C@@H](OC)[C@@H](O)O[C@H](CO[Si](c2ccccc2)(c2ccccc2)C(C)(C)C)[C@H]1O[C@H]1O[C@H](COC(C)=O)[C@@H](OC(C)=O)[C@@H]1OC(C)=O. The maximum Gasteiger partial charge on any atom is 0.303 e. The number of methoxy groups -OCH3 is 2. The van der Waals surface area contributed by atoms with Crippen molar-refractivity contribution in [3.8, 4) is 0 Å². The van der Waals surface area contributed by atoms with Gasteiger partial charge in [-0.2, -0.15) is 0 Å². The van der Waals surface area contributed by atoms with E-state index in [1.54, 1.807) is 0 Å². The second-order valence-electron chi connectivity index (χ2n) is 13.0. The number of hydrogen-bond donors (Lipinski definition) is 1. The van der Waals surface area contributed by atoms with E-state index in [9.17, 15) is 19.5 Å². The molecular weight excluding hydrogens is 656 g/mol. The van der Waals surface area contributed by atoms with Crippen LogP contribution >= 0.6 is 0 Å². The van der Waals surface area contributed by atoms with Gasteiger partial charge in [0.25, 0.3) is 8.32 Å². The summed E-state index contributed by atoms with van der Waals surface area (Å²) < 4.78 is 53.6. The first kappa shape index (κ1) is 38.6. The molecule has 9 atom stereocenters. The quantitative estimate of drug-likeness (QED) is 0.183. The first-order valence-corrected chi connectivity index (χ1v) is 18.1. The van der Waals surface area contributed by atoms with Crippen LogP contribution in [0.1, 0.15) is 41.5 Å². The molecule has 4 rings (SSSR count). The van der Waals surface area contributed by atoms with Crippen LogP contribution in [0.3, 0.4) is 0 Å². The van der Waals surface area contributed by atoms with Gasteiger partial charge in [-0.05, 0) is 15.4 Å². The van der Waals surface area contributed by atoms with E-state index >= 15 is 0 Å². The lowest BCUT2D eigenvalue weighted by Gasteiger charge is -2.47. The molecule has 0 amide bonds. The zero-order valence-corrected chi connectivity index (χ0v) is 30.2. The van der Waals surface area contributed by atoms with E-state index in [4.69, 9.17) is 42.3 Å². The fourth-order valence-corrected chi connectivity index (χ4v) is 11.2. The molecule has 0 radical (unpaired) electrons. The Kier molecular flexibility index (Phi) is 13.1. The van der Waals surface area contributed by atoms with E-state index in [1.807, 2.05) is 36.4 Å². The summed E-state index contributed by atoms with van der Waals surface area (Å²) in [6, 6.07) is 20.0.